The van der Waals surface area contributed by atoms with Crippen LogP contribution in [0.1, 0.15) is 25.7 Å². The lowest BCUT2D eigenvalue weighted by Gasteiger charge is -2.32. The van der Waals surface area contributed by atoms with Crippen molar-refractivity contribution in [1.82, 2.24) is 10.2 Å². The fourth-order valence-corrected chi connectivity index (χ4v) is 2.19. The second-order valence-electron chi connectivity index (χ2n) is 4.57. The van der Waals surface area contributed by atoms with Gasteiger partial charge in [-0.25, -0.2) is 0 Å². The summed E-state index contributed by atoms with van der Waals surface area (Å²) in [6.45, 7) is 1.42. The van der Waals surface area contributed by atoms with Crippen LogP contribution in [-0.2, 0) is 9.59 Å². The lowest BCUT2D eigenvalue weighted by molar-refractivity contribution is -0.129. The fourth-order valence-electron chi connectivity index (χ4n) is 2.02. The molecule has 4 nitrogen and oxygen atoms in total. The molecular formula is C11H17ClN2O2. The summed E-state index contributed by atoms with van der Waals surface area (Å²) in [7, 11) is 0. The number of rotatable bonds is 3. The molecule has 0 aromatic rings. The lowest BCUT2D eigenvalue weighted by atomic mass is 10.0. The molecule has 1 saturated carbocycles. The van der Waals surface area contributed by atoms with E-state index in [2.05, 4.69) is 5.32 Å². The summed E-state index contributed by atoms with van der Waals surface area (Å²) < 4.78 is 0. The SMILES string of the molecule is O=C(NC1CCN(C(=O)CCl)CC1)C1CC1. The molecule has 0 spiro atoms. The van der Waals surface area contributed by atoms with Crippen molar-refractivity contribution >= 4 is 23.4 Å². The predicted molar refractivity (Wildman–Crippen MR) is 61.2 cm³/mol. The Morgan fingerprint density at radius 1 is 1.19 bits per heavy atom. The molecular weight excluding hydrogens is 228 g/mol. The van der Waals surface area contributed by atoms with Gasteiger partial charge in [-0.1, -0.05) is 0 Å². The highest BCUT2D eigenvalue weighted by molar-refractivity contribution is 6.27. The summed E-state index contributed by atoms with van der Waals surface area (Å²) in [6.07, 6.45) is 3.77. The largest absolute Gasteiger partial charge is 0.353 e. The summed E-state index contributed by atoms with van der Waals surface area (Å²) in [5.74, 6) is 0.511. The van der Waals surface area contributed by atoms with Gasteiger partial charge in [0.25, 0.3) is 0 Å². The molecule has 2 aliphatic rings. The number of nitrogens with one attached hydrogen (secondary N) is 1. The van der Waals surface area contributed by atoms with Gasteiger partial charge >= 0.3 is 0 Å². The standard InChI is InChI=1S/C11H17ClN2O2/c12-7-10(15)14-5-3-9(4-6-14)13-11(16)8-1-2-8/h8-9H,1-7H2,(H,13,16). The number of hydrogen-bond acceptors (Lipinski definition) is 2. The predicted octanol–water partition coefficient (Wildman–Crippen LogP) is 0.742. The van der Waals surface area contributed by atoms with E-state index in [-0.39, 0.29) is 29.7 Å². The molecule has 0 aromatic heterocycles. The van der Waals surface area contributed by atoms with Crippen LogP contribution in [0, 0.1) is 5.92 Å². The first-order valence-electron chi connectivity index (χ1n) is 5.85. The zero-order valence-corrected chi connectivity index (χ0v) is 10.0. The molecule has 0 aromatic carbocycles. The third kappa shape index (κ3) is 2.88. The third-order valence-corrected chi connectivity index (χ3v) is 3.49. The van der Waals surface area contributed by atoms with Crippen LogP contribution in [0.4, 0.5) is 0 Å². The van der Waals surface area contributed by atoms with Crippen molar-refractivity contribution < 1.29 is 9.59 Å². The minimum absolute atomic E-state index is 0.00589. The van der Waals surface area contributed by atoms with Gasteiger partial charge in [-0.05, 0) is 25.7 Å². The first-order valence-corrected chi connectivity index (χ1v) is 6.38. The van der Waals surface area contributed by atoms with Gasteiger partial charge in [0.15, 0.2) is 0 Å². The zero-order chi connectivity index (χ0) is 11.5. The van der Waals surface area contributed by atoms with Crippen LogP contribution in [0.2, 0.25) is 0 Å². The number of carbonyl (C=O) groups excluding carboxylic acids is 2. The van der Waals surface area contributed by atoms with E-state index in [4.69, 9.17) is 11.6 Å². The summed E-state index contributed by atoms with van der Waals surface area (Å²) >= 11 is 5.49. The number of hydrogen-bond donors (Lipinski definition) is 1. The Bertz CT molecular complexity index is 284. The van der Waals surface area contributed by atoms with Gasteiger partial charge in [0.1, 0.15) is 5.88 Å². The number of carbonyl (C=O) groups is 2. The second-order valence-corrected chi connectivity index (χ2v) is 4.84. The average Bonchev–Trinajstić information content (AvgIpc) is 3.13. The van der Waals surface area contributed by atoms with Crippen LogP contribution in [-0.4, -0.2) is 41.7 Å². The highest BCUT2D eigenvalue weighted by Gasteiger charge is 2.32. The van der Waals surface area contributed by atoms with Crippen LogP contribution < -0.4 is 5.32 Å². The van der Waals surface area contributed by atoms with Crippen molar-refractivity contribution in [2.75, 3.05) is 19.0 Å². The van der Waals surface area contributed by atoms with E-state index < -0.39 is 0 Å². The number of alkyl halides is 1. The van der Waals surface area contributed by atoms with E-state index in [0.717, 1.165) is 25.7 Å². The van der Waals surface area contributed by atoms with E-state index in [9.17, 15) is 9.59 Å². The molecule has 1 aliphatic carbocycles. The second kappa shape index (κ2) is 5.04. The maximum Gasteiger partial charge on any atom is 0.237 e. The van der Waals surface area contributed by atoms with Crippen LogP contribution in [0.25, 0.3) is 0 Å². The highest BCUT2D eigenvalue weighted by atomic mass is 35.5. The lowest BCUT2D eigenvalue weighted by Crippen LogP contribution is -2.47. The molecule has 1 aliphatic heterocycles. The van der Waals surface area contributed by atoms with Gasteiger partial charge in [0, 0.05) is 25.0 Å². The summed E-state index contributed by atoms with van der Waals surface area (Å²) in [4.78, 5) is 24.6. The smallest absolute Gasteiger partial charge is 0.237 e. The molecule has 5 heteroatoms. The molecule has 2 rings (SSSR count). The average molecular weight is 245 g/mol. The Morgan fingerprint density at radius 2 is 1.81 bits per heavy atom. The summed E-state index contributed by atoms with van der Waals surface area (Å²) in [5.41, 5.74) is 0. The molecule has 2 fully saturated rings. The van der Waals surface area contributed by atoms with Crippen molar-refractivity contribution in [1.29, 1.82) is 0 Å². The van der Waals surface area contributed by atoms with Crippen LogP contribution in [0.5, 0.6) is 0 Å². The van der Waals surface area contributed by atoms with E-state index in [1.54, 1.807) is 4.90 Å². The third-order valence-electron chi connectivity index (χ3n) is 3.26. The first kappa shape index (κ1) is 11.7. The van der Waals surface area contributed by atoms with Gasteiger partial charge in [-0.3, -0.25) is 9.59 Å². The van der Waals surface area contributed by atoms with Crippen molar-refractivity contribution in [3.63, 3.8) is 0 Å². The number of likely N-dealkylation sites (tertiary alicyclic amines) is 1. The normalized spacial score (nSPS) is 21.9. The van der Waals surface area contributed by atoms with Gasteiger partial charge in [-0.15, -0.1) is 11.6 Å². The van der Waals surface area contributed by atoms with E-state index in [1.807, 2.05) is 0 Å². The molecule has 0 radical (unpaired) electrons. The van der Waals surface area contributed by atoms with Crippen molar-refractivity contribution in [3.8, 4) is 0 Å². The van der Waals surface area contributed by atoms with E-state index in [1.165, 1.54) is 0 Å². The summed E-state index contributed by atoms with van der Waals surface area (Å²) in [5, 5.41) is 3.05. The molecule has 0 unspecified atom stereocenters. The Hall–Kier alpha value is -0.770. The molecule has 1 heterocycles. The zero-order valence-electron chi connectivity index (χ0n) is 9.25. The number of halogens is 1. The molecule has 0 bridgehead atoms. The van der Waals surface area contributed by atoms with E-state index in [0.29, 0.717) is 13.1 Å². The highest BCUT2D eigenvalue weighted by Crippen LogP contribution is 2.29. The Morgan fingerprint density at radius 3 is 2.31 bits per heavy atom. The van der Waals surface area contributed by atoms with Gasteiger partial charge in [-0.2, -0.15) is 0 Å². The first-order chi connectivity index (χ1) is 7.70. The molecule has 0 atom stereocenters. The van der Waals surface area contributed by atoms with Gasteiger partial charge in [0.05, 0.1) is 0 Å². The quantitative estimate of drug-likeness (QED) is 0.745. The molecule has 90 valence electrons. The maximum atomic E-state index is 11.5. The fraction of sp³-hybridized carbons (Fsp3) is 0.818. The van der Waals surface area contributed by atoms with Crippen molar-refractivity contribution in [2.24, 2.45) is 5.92 Å². The molecule has 1 N–H and O–H groups in total. The van der Waals surface area contributed by atoms with Crippen LogP contribution >= 0.6 is 11.6 Å². The van der Waals surface area contributed by atoms with Crippen LogP contribution in [0.3, 0.4) is 0 Å². The van der Waals surface area contributed by atoms with Crippen molar-refractivity contribution in [3.05, 3.63) is 0 Å². The Kier molecular flexibility index (Phi) is 3.69. The monoisotopic (exact) mass is 244 g/mol. The molecule has 2 amide bonds. The summed E-state index contributed by atoms with van der Waals surface area (Å²) in [6, 6.07) is 0.243. The number of nitrogens with zero attached hydrogens (tertiary/aromatic N) is 1. The molecule has 16 heavy (non-hydrogen) atoms. The Balaban J connectivity index is 1.72. The minimum Gasteiger partial charge on any atom is -0.353 e. The minimum atomic E-state index is -0.00589. The van der Waals surface area contributed by atoms with Crippen LogP contribution in [0.15, 0.2) is 0 Å². The van der Waals surface area contributed by atoms with E-state index >= 15 is 0 Å². The number of piperidine rings is 1. The Labute approximate surface area is 100 Å². The van der Waals surface area contributed by atoms with Gasteiger partial charge < -0.3 is 10.2 Å². The van der Waals surface area contributed by atoms with Gasteiger partial charge in [0.2, 0.25) is 11.8 Å². The van der Waals surface area contributed by atoms with Crippen molar-refractivity contribution in [2.45, 2.75) is 31.7 Å². The maximum absolute atomic E-state index is 11.5. The topological polar surface area (TPSA) is 49.4 Å². The molecule has 1 saturated heterocycles. The number of amides is 2.